The van der Waals surface area contributed by atoms with Crippen molar-refractivity contribution < 1.29 is 4.74 Å². The third-order valence-corrected chi connectivity index (χ3v) is 3.28. The molecule has 0 unspecified atom stereocenters. The lowest BCUT2D eigenvalue weighted by molar-refractivity contribution is 0.111. The number of ether oxygens (including phenoxy) is 1. The van der Waals surface area contributed by atoms with Gasteiger partial charge in [-0.1, -0.05) is 17.3 Å². The molecule has 4 aromatic rings. The molecule has 1 N–H and O–H groups in total. The van der Waals surface area contributed by atoms with Crippen LogP contribution in [0.2, 0.25) is 0 Å². The molecule has 0 aliphatic rings. The van der Waals surface area contributed by atoms with E-state index in [-0.39, 0.29) is 12.4 Å². The summed E-state index contributed by atoms with van der Waals surface area (Å²) < 4.78 is 7.32. The minimum atomic E-state index is -0.373. The molecule has 0 atom stereocenters. The molecule has 4 rings (SSSR count). The Labute approximate surface area is 123 Å². The van der Waals surface area contributed by atoms with Gasteiger partial charge in [0.15, 0.2) is 17.2 Å². The normalized spacial score (nSPS) is 11.5. The first-order chi connectivity index (χ1) is 10.8. The van der Waals surface area contributed by atoms with Crippen LogP contribution in [0.25, 0.3) is 28.2 Å². The molecule has 0 aliphatic carbocycles. The third kappa shape index (κ3) is 1.79. The lowest BCUT2D eigenvalue weighted by Crippen LogP contribution is -2.30. The Kier molecular flexibility index (Phi) is 2.73. The van der Waals surface area contributed by atoms with Crippen LogP contribution in [0.15, 0.2) is 35.4 Å². The largest absolute Gasteiger partial charge is 0.362 e. The van der Waals surface area contributed by atoms with Gasteiger partial charge < -0.3 is 9.72 Å². The highest BCUT2D eigenvalue weighted by molar-refractivity contribution is 5.81. The number of hydrogen-bond donors (Lipinski definition) is 1. The average Bonchev–Trinajstić information content (AvgIpc) is 3.13. The lowest BCUT2D eigenvalue weighted by atomic mass is 10.3. The van der Waals surface area contributed by atoms with Crippen LogP contribution in [0.5, 0.6) is 0 Å². The first kappa shape index (κ1) is 12.7. The molecule has 0 saturated carbocycles. The van der Waals surface area contributed by atoms with Crippen molar-refractivity contribution in [3.05, 3.63) is 41.1 Å². The summed E-state index contributed by atoms with van der Waals surface area (Å²) in [7, 11) is 1.48. The highest BCUT2D eigenvalue weighted by atomic mass is 16.5. The summed E-state index contributed by atoms with van der Waals surface area (Å²) in [6, 6.07) is 7.63. The van der Waals surface area contributed by atoms with Crippen LogP contribution in [0.4, 0.5) is 0 Å². The van der Waals surface area contributed by atoms with E-state index in [2.05, 4.69) is 25.3 Å². The minimum absolute atomic E-state index is 0.0277. The van der Waals surface area contributed by atoms with Gasteiger partial charge >= 0.3 is 5.69 Å². The van der Waals surface area contributed by atoms with Crippen LogP contribution in [0.1, 0.15) is 0 Å². The van der Waals surface area contributed by atoms with Crippen molar-refractivity contribution in [2.75, 3.05) is 7.11 Å². The molecule has 0 bridgehead atoms. The molecule has 0 saturated heterocycles. The molecular formula is C13H11N7O2. The van der Waals surface area contributed by atoms with Crippen molar-refractivity contribution in [2.24, 2.45) is 0 Å². The molecule has 22 heavy (non-hydrogen) atoms. The average molecular weight is 297 g/mol. The van der Waals surface area contributed by atoms with Gasteiger partial charge in [-0.05, 0) is 12.1 Å². The van der Waals surface area contributed by atoms with Crippen molar-refractivity contribution in [1.82, 2.24) is 34.3 Å². The Bertz CT molecular complexity index is 997. The number of aromatic nitrogens is 7. The maximum absolute atomic E-state index is 12.2. The number of H-pyrrole nitrogens is 1. The van der Waals surface area contributed by atoms with E-state index in [0.29, 0.717) is 17.2 Å². The van der Waals surface area contributed by atoms with Crippen LogP contribution in [0, 0.1) is 0 Å². The van der Waals surface area contributed by atoms with Crippen molar-refractivity contribution >= 4 is 16.7 Å². The Morgan fingerprint density at radius 2 is 2.18 bits per heavy atom. The zero-order valence-corrected chi connectivity index (χ0v) is 11.6. The van der Waals surface area contributed by atoms with E-state index in [0.717, 1.165) is 15.7 Å². The van der Waals surface area contributed by atoms with Gasteiger partial charge in [0.2, 0.25) is 0 Å². The van der Waals surface area contributed by atoms with Crippen LogP contribution in [-0.2, 0) is 11.5 Å². The molecule has 0 aliphatic heterocycles. The molecule has 110 valence electrons. The fourth-order valence-corrected chi connectivity index (χ4v) is 2.27. The zero-order chi connectivity index (χ0) is 15.1. The summed E-state index contributed by atoms with van der Waals surface area (Å²) in [6.45, 7) is 0.0277. The zero-order valence-electron chi connectivity index (χ0n) is 11.6. The van der Waals surface area contributed by atoms with Crippen molar-refractivity contribution in [3.63, 3.8) is 0 Å². The summed E-state index contributed by atoms with van der Waals surface area (Å²) in [5.74, 6) is 0.543. The second kappa shape index (κ2) is 4.74. The fraction of sp³-hybridized carbons (Fsp3) is 0.154. The van der Waals surface area contributed by atoms with E-state index in [1.54, 1.807) is 0 Å². The summed E-state index contributed by atoms with van der Waals surface area (Å²) >= 11 is 0. The summed E-state index contributed by atoms with van der Waals surface area (Å²) in [6.07, 6.45) is 1.40. The number of imidazole rings is 2. The molecule has 3 aromatic heterocycles. The highest BCUT2D eigenvalue weighted by Crippen LogP contribution is 2.20. The molecule has 3 heterocycles. The number of nitrogens with zero attached hydrogens (tertiary/aromatic N) is 6. The van der Waals surface area contributed by atoms with E-state index in [4.69, 9.17) is 4.74 Å². The standard InChI is InChI=1S/C13H11N7O2/c1-22-7-20-13(21)19-6-14-10(12(19)17-18-20)11-15-8-4-2-3-5-9(8)16-11/h2-6H,7H2,1H3,(H,15,16). The lowest BCUT2D eigenvalue weighted by Gasteiger charge is -2.01. The second-order valence-corrected chi connectivity index (χ2v) is 4.68. The van der Waals surface area contributed by atoms with Gasteiger partial charge in [0, 0.05) is 7.11 Å². The summed E-state index contributed by atoms with van der Waals surface area (Å²) in [4.78, 5) is 24.1. The maximum atomic E-state index is 12.2. The number of benzene rings is 1. The van der Waals surface area contributed by atoms with Gasteiger partial charge in [-0.15, -0.1) is 5.10 Å². The van der Waals surface area contributed by atoms with Crippen LogP contribution < -0.4 is 5.69 Å². The smallest absolute Gasteiger partial charge is 0.355 e. The quantitative estimate of drug-likeness (QED) is 0.588. The van der Waals surface area contributed by atoms with Crippen LogP contribution in [0.3, 0.4) is 0 Å². The summed E-state index contributed by atoms with van der Waals surface area (Å²) in [5, 5.41) is 7.88. The van der Waals surface area contributed by atoms with Crippen molar-refractivity contribution in [2.45, 2.75) is 6.73 Å². The van der Waals surface area contributed by atoms with Gasteiger partial charge in [-0.3, -0.25) is 0 Å². The second-order valence-electron chi connectivity index (χ2n) is 4.68. The molecule has 1 aromatic carbocycles. The molecule has 0 fully saturated rings. The number of aromatic amines is 1. The van der Waals surface area contributed by atoms with Gasteiger partial charge in [0.25, 0.3) is 0 Å². The summed E-state index contributed by atoms with van der Waals surface area (Å²) in [5.41, 5.74) is 2.15. The minimum Gasteiger partial charge on any atom is -0.362 e. The van der Waals surface area contributed by atoms with Gasteiger partial charge in [0.1, 0.15) is 13.1 Å². The molecular weight excluding hydrogens is 286 g/mol. The van der Waals surface area contributed by atoms with E-state index in [1.165, 1.54) is 17.8 Å². The molecule has 9 nitrogen and oxygen atoms in total. The first-order valence-electron chi connectivity index (χ1n) is 6.53. The predicted octanol–water partition coefficient (Wildman–Crippen LogP) is 0.433. The number of rotatable bonds is 3. The number of hydrogen-bond acceptors (Lipinski definition) is 6. The molecule has 0 amide bonds. The van der Waals surface area contributed by atoms with E-state index >= 15 is 0 Å². The Balaban J connectivity index is 1.92. The Hall–Kier alpha value is -3.07. The van der Waals surface area contributed by atoms with Gasteiger partial charge in [0.05, 0.1) is 11.0 Å². The number of methoxy groups -OCH3 is 1. The predicted molar refractivity (Wildman–Crippen MR) is 77.1 cm³/mol. The first-order valence-corrected chi connectivity index (χ1v) is 6.53. The Morgan fingerprint density at radius 1 is 1.32 bits per heavy atom. The van der Waals surface area contributed by atoms with Gasteiger partial charge in [-0.2, -0.15) is 4.68 Å². The molecule has 0 radical (unpaired) electrons. The molecule has 0 spiro atoms. The van der Waals surface area contributed by atoms with E-state index in [9.17, 15) is 4.79 Å². The fourth-order valence-electron chi connectivity index (χ4n) is 2.27. The van der Waals surface area contributed by atoms with Crippen LogP contribution >= 0.6 is 0 Å². The maximum Gasteiger partial charge on any atom is 0.355 e. The van der Waals surface area contributed by atoms with Crippen molar-refractivity contribution in [1.29, 1.82) is 0 Å². The SMILES string of the molecule is COCn1nnc2c(-c3nc4ccccc4[nH]3)ncn2c1=O. The monoisotopic (exact) mass is 297 g/mol. The number of nitrogens with one attached hydrogen (secondary N) is 1. The topological polar surface area (TPSA) is 103 Å². The van der Waals surface area contributed by atoms with Crippen LogP contribution in [-0.4, -0.2) is 41.5 Å². The highest BCUT2D eigenvalue weighted by Gasteiger charge is 2.15. The Morgan fingerprint density at radius 3 is 3.00 bits per heavy atom. The molecule has 9 heteroatoms. The van der Waals surface area contributed by atoms with E-state index in [1.807, 2.05) is 24.3 Å². The third-order valence-electron chi connectivity index (χ3n) is 3.28. The van der Waals surface area contributed by atoms with Gasteiger partial charge in [-0.25, -0.2) is 19.2 Å². The van der Waals surface area contributed by atoms with Crippen molar-refractivity contribution in [3.8, 4) is 11.5 Å². The number of para-hydroxylation sites is 2. The number of fused-ring (bicyclic) bond motifs is 2. The van der Waals surface area contributed by atoms with E-state index < -0.39 is 0 Å².